The molecule has 0 unspecified atom stereocenters. The van der Waals surface area contributed by atoms with E-state index >= 15 is 0 Å². The van der Waals surface area contributed by atoms with Crippen molar-refractivity contribution in [3.63, 3.8) is 0 Å². The first-order valence-corrected chi connectivity index (χ1v) is 3.42. The Labute approximate surface area is 59.9 Å². The van der Waals surface area contributed by atoms with Gasteiger partial charge in [0.1, 0.15) is 0 Å². The molecule has 10 heavy (non-hydrogen) atoms. The molecule has 0 bridgehead atoms. The Morgan fingerprint density at radius 1 is 1.50 bits per heavy atom. The van der Waals surface area contributed by atoms with Crippen molar-refractivity contribution >= 4 is 0 Å². The minimum atomic E-state index is -0.00292. The van der Waals surface area contributed by atoms with Crippen LogP contribution in [0.1, 0.15) is 18.2 Å². The molecule has 0 saturated heterocycles. The molecule has 0 aliphatic heterocycles. The van der Waals surface area contributed by atoms with E-state index in [1.54, 1.807) is 6.07 Å². The van der Waals surface area contributed by atoms with Gasteiger partial charge in [0.25, 0.3) is 0 Å². The van der Waals surface area contributed by atoms with Crippen LogP contribution in [0.3, 0.4) is 0 Å². The van der Waals surface area contributed by atoms with Gasteiger partial charge in [0.2, 0.25) is 5.56 Å². The number of aryl methyl sites for hydroxylation is 2. The molecule has 0 aromatic carbocycles. The third-order valence-corrected chi connectivity index (χ3v) is 1.43. The quantitative estimate of drug-likeness (QED) is 0.620. The summed E-state index contributed by atoms with van der Waals surface area (Å²) >= 11 is 0. The lowest BCUT2D eigenvalue weighted by molar-refractivity contribution is 1.00. The monoisotopic (exact) mass is 137 g/mol. The van der Waals surface area contributed by atoms with Crippen LogP contribution in [0.5, 0.6) is 0 Å². The fraction of sp³-hybridized carbons (Fsp3) is 0.375. The van der Waals surface area contributed by atoms with Gasteiger partial charge in [-0.05, 0) is 25.0 Å². The van der Waals surface area contributed by atoms with E-state index in [4.69, 9.17) is 0 Å². The van der Waals surface area contributed by atoms with Crippen LogP contribution in [-0.4, -0.2) is 4.98 Å². The van der Waals surface area contributed by atoms with Crippen LogP contribution in [0, 0.1) is 6.92 Å². The molecule has 54 valence electrons. The molecular formula is C8H11NO. The van der Waals surface area contributed by atoms with Crippen molar-refractivity contribution in [2.45, 2.75) is 20.3 Å². The van der Waals surface area contributed by atoms with Crippen LogP contribution < -0.4 is 5.56 Å². The van der Waals surface area contributed by atoms with Crippen LogP contribution in [0.25, 0.3) is 0 Å². The summed E-state index contributed by atoms with van der Waals surface area (Å²) in [5, 5.41) is 0. The summed E-state index contributed by atoms with van der Waals surface area (Å²) in [6.07, 6.45) is 0.886. The summed E-state index contributed by atoms with van der Waals surface area (Å²) < 4.78 is 0. The molecule has 0 saturated carbocycles. The second kappa shape index (κ2) is 2.69. The lowest BCUT2D eigenvalue weighted by atomic mass is 10.2. The van der Waals surface area contributed by atoms with Crippen LogP contribution in [0.15, 0.2) is 16.9 Å². The average molecular weight is 137 g/mol. The average Bonchev–Trinajstić information content (AvgIpc) is 1.85. The zero-order valence-electron chi connectivity index (χ0n) is 6.27. The molecule has 0 atom stereocenters. The number of nitrogens with one attached hydrogen (secondary N) is 1. The first-order valence-electron chi connectivity index (χ1n) is 3.42. The molecule has 0 amide bonds. The van der Waals surface area contributed by atoms with E-state index < -0.39 is 0 Å². The van der Waals surface area contributed by atoms with Crippen LogP contribution in [-0.2, 0) is 6.42 Å². The van der Waals surface area contributed by atoms with Gasteiger partial charge in [0, 0.05) is 11.8 Å². The summed E-state index contributed by atoms with van der Waals surface area (Å²) in [5.74, 6) is 0. The number of aromatic nitrogens is 1. The fourth-order valence-corrected chi connectivity index (χ4v) is 0.944. The second-order valence-electron chi connectivity index (χ2n) is 2.40. The van der Waals surface area contributed by atoms with E-state index in [0.717, 1.165) is 17.7 Å². The van der Waals surface area contributed by atoms with E-state index in [-0.39, 0.29) is 5.56 Å². The van der Waals surface area contributed by atoms with Gasteiger partial charge in [-0.15, -0.1) is 0 Å². The zero-order chi connectivity index (χ0) is 7.56. The maximum absolute atomic E-state index is 10.8. The van der Waals surface area contributed by atoms with Gasteiger partial charge >= 0.3 is 0 Å². The summed E-state index contributed by atoms with van der Waals surface area (Å²) in [6, 6.07) is 3.58. The zero-order valence-corrected chi connectivity index (χ0v) is 6.27. The van der Waals surface area contributed by atoms with Crippen LogP contribution in [0.4, 0.5) is 0 Å². The highest BCUT2D eigenvalue weighted by molar-refractivity contribution is 5.14. The van der Waals surface area contributed by atoms with E-state index in [1.807, 2.05) is 19.9 Å². The fourth-order valence-electron chi connectivity index (χ4n) is 0.944. The molecule has 0 aliphatic rings. The summed E-state index contributed by atoms with van der Waals surface area (Å²) in [5.41, 5.74) is 2.03. The van der Waals surface area contributed by atoms with Gasteiger partial charge in [-0.25, -0.2) is 0 Å². The van der Waals surface area contributed by atoms with Gasteiger partial charge < -0.3 is 4.98 Å². The maximum atomic E-state index is 10.8. The summed E-state index contributed by atoms with van der Waals surface area (Å²) in [6.45, 7) is 3.94. The number of aromatic amines is 1. The highest BCUT2D eigenvalue weighted by Gasteiger charge is 1.90. The van der Waals surface area contributed by atoms with E-state index in [1.165, 1.54) is 0 Å². The van der Waals surface area contributed by atoms with Crippen molar-refractivity contribution in [1.29, 1.82) is 0 Å². The Morgan fingerprint density at radius 2 is 2.20 bits per heavy atom. The Bertz CT molecular complexity index is 275. The molecule has 0 radical (unpaired) electrons. The molecule has 2 heteroatoms. The number of H-pyrrole nitrogens is 1. The summed E-state index contributed by atoms with van der Waals surface area (Å²) in [4.78, 5) is 13.6. The van der Waals surface area contributed by atoms with E-state index in [2.05, 4.69) is 4.98 Å². The van der Waals surface area contributed by atoms with E-state index in [9.17, 15) is 4.79 Å². The molecule has 1 heterocycles. The van der Waals surface area contributed by atoms with Gasteiger partial charge in [-0.3, -0.25) is 4.79 Å². The van der Waals surface area contributed by atoms with Gasteiger partial charge in [0.15, 0.2) is 0 Å². The molecule has 2 nitrogen and oxygen atoms in total. The van der Waals surface area contributed by atoms with Crippen molar-refractivity contribution in [3.05, 3.63) is 33.7 Å². The maximum Gasteiger partial charge on any atom is 0.248 e. The minimum Gasteiger partial charge on any atom is -0.326 e. The lowest BCUT2D eigenvalue weighted by Crippen LogP contribution is -2.07. The predicted molar refractivity (Wildman–Crippen MR) is 41.2 cm³/mol. The van der Waals surface area contributed by atoms with Crippen LogP contribution in [0.2, 0.25) is 0 Å². The molecule has 0 fully saturated rings. The lowest BCUT2D eigenvalue weighted by Gasteiger charge is -1.95. The molecule has 1 N–H and O–H groups in total. The SMILES string of the molecule is CCc1cc(C)cc(=O)[nH]1. The number of pyridine rings is 1. The number of hydrogen-bond acceptors (Lipinski definition) is 1. The first kappa shape index (κ1) is 7.06. The third-order valence-electron chi connectivity index (χ3n) is 1.43. The molecule has 0 spiro atoms. The van der Waals surface area contributed by atoms with Crippen molar-refractivity contribution in [2.75, 3.05) is 0 Å². The predicted octanol–water partition coefficient (Wildman–Crippen LogP) is 1.25. The second-order valence-corrected chi connectivity index (χ2v) is 2.40. The van der Waals surface area contributed by atoms with Crippen molar-refractivity contribution in [1.82, 2.24) is 4.98 Å². The molecule has 1 rings (SSSR count). The topological polar surface area (TPSA) is 32.9 Å². The largest absolute Gasteiger partial charge is 0.326 e. The Hall–Kier alpha value is -1.05. The molecule has 1 aromatic heterocycles. The van der Waals surface area contributed by atoms with Gasteiger partial charge in [-0.1, -0.05) is 6.92 Å². The normalized spacial score (nSPS) is 9.80. The van der Waals surface area contributed by atoms with Crippen molar-refractivity contribution in [3.8, 4) is 0 Å². The molecule has 0 aliphatic carbocycles. The Balaban J connectivity index is 3.19. The van der Waals surface area contributed by atoms with Crippen LogP contribution >= 0.6 is 0 Å². The Kier molecular flexibility index (Phi) is 1.90. The van der Waals surface area contributed by atoms with Gasteiger partial charge in [0.05, 0.1) is 0 Å². The number of hydrogen-bond donors (Lipinski definition) is 1. The van der Waals surface area contributed by atoms with Crippen molar-refractivity contribution < 1.29 is 0 Å². The molecule has 1 aromatic rings. The Morgan fingerprint density at radius 3 is 2.70 bits per heavy atom. The third kappa shape index (κ3) is 1.47. The standard InChI is InChI=1S/C8H11NO/c1-3-7-4-6(2)5-8(10)9-7/h4-5H,3H2,1-2H3,(H,9,10). The highest BCUT2D eigenvalue weighted by atomic mass is 16.1. The van der Waals surface area contributed by atoms with Gasteiger partial charge in [-0.2, -0.15) is 0 Å². The summed E-state index contributed by atoms with van der Waals surface area (Å²) in [7, 11) is 0. The first-order chi connectivity index (χ1) is 4.72. The number of rotatable bonds is 1. The minimum absolute atomic E-state index is 0.00292. The van der Waals surface area contributed by atoms with E-state index in [0.29, 0.717) is 0 Å². The molecular weight excluding hydrogens is 126 g/mol. The smallest absolute Gasteiger partial charge is 0.248 e. The van der Waals surface area contributed by atoms with Crippen molar-refractivity contribution in [2.24, 2.45) is 0 Å². The highest BCUT2D eigenvalue weighted by Crippen LogP contribution is 1.95.